The van der Waals surface area contributed by atoms with E-state index in [0.29, 0.717) is 16.2 Å². The predicted octanol–water partition coefficient (Wildman–Crippen LogP) is 3.96. The summed E-state index contributed by atoms with van der Waals surface area (Å²) < 4.78 is 38.9. The zero-order valence-corrected chi connectivity index (χ0v) is 12.1. The molecular weight excluding hydrogens is 328 g/mol. The van der Waals surface area contributed by atoms with E-state index in [1.54, 1.807) is 0 Å². The maximum atomic E-state index is 12.8. The quantitative estimate of drug-likeness (QED) is 0.801. The summed E-state index contributed by atoms with van der Waals surface area (Å²) in [6.07, 6.45) is -4.67. The molecule has 0 spiro atoms. The highest BCUT2D eigenvalue weighted by Crippen LogP contribution is 2.34. The van der Waals surface area contributed by atoms with Crippen LogP contribution >= 0.6 is 23.2 Å². The van der Waals surface area contributed by atoms with Crippen molar-refractivity contribution >= 4 is 28.9 Å². The molecule has 2 rings (SSSR count). The Kier molecular flexibility index (Phi) is 3.95. The van der Waals surface area contributed by atoms with Gasteiger partial charge in [0.1, 0.15) is 5.69 Å². The molecule has 0 bridgehead atoms. The van der Waals surface area contributed by atoms with Crippen LogP contribution < -0.4 is 11.3 Å². The van der Waals surface area contributed by atoms with Crippen molar-refractivity contribution in [3.05, 3.63) is 50.4 Å². The molecule has 2 aromatic rings. The first-order valence-corrected chi connectivity index (χ1v) is 6.40. The summed E-state index contributed by atoms with van der Waals surface area (Å²) in [5.74, 6) is 0. The van der Waals surface area contributed by atoms with Crippen molar-refractivity contribution in [1.82, 2.24) is 4.57 Å². The van der Waals surface area contributed by atoms with Gasteiger partial charge in [-0.1, -0.05) is 29.3 Å². The molecule has 0 amide bonds. The van der Waals surface area contributed by atoms with Crippen LogP contribution in [-0.2, 0) is 13.2 Å². The lowest BCUT2D eigenvalue weighted by molar-refractivity contribution is -0.143. The molecule has 21 heavy (non-hydrogen) atoms. The van der Waals surface area contributed by atoms with E-state index in [1.165, 1.54) is 18.2 Å². The van der Waals surface area contributed by atoms with Crippen molar-refractivity contribution in [1.29, 1.82) is 0 Å². The van der Waals surface area contributed by atoms with Crippen LogP contribution in [0.1, 0.15) is 5.69 Å². The van der Waals surface area contributed by atoms with Crippen LogP contribution in [0.4, 0.5) is 18.9 Å². The molecule has 0 fully saturated rings. The van der Waals surface area contributed by atoms with E-state index in [4.69, 9.17) is 28.9 Å². The third-order valence-corrected chi connectivity index (χ3v) is 3.60. The van der Waals surface area contributed by atoms with Crippen LogP contribution in [0.15, 0.2) is 29.1 Å². The second-order valence-corrected chi connectivity index (χ2v) is 5.17. The van der Waals surface area contributed by atoms with Crippen LogP contribution in [0.5, 0.6) is 0 Å². The molecule has 2 N–H and O–H groups in total. The van der Waals surface area contributed by atoms with Gasteiger partial charge >= 0.3 is 6.18 Å². The van der Waals surface area contributed by atoms with Gasteiger partial charge in [0.15, 0.2) is 0 Å². The van der Waals surface area contributed by atoms with Gasteiger partial charge in [-0.05, 0) is 23.8 Å². The summed E-state index contributed by atoms with van der Waals surface area (Å²) in [5, 5.41) is -0.0224. The molecule has 0 aliphatic rings. The van der Waals surface area contributed by atoms with Gasteiger partial charge < -0.3 is 10.3 Å². The van der Waals surface area contributed by atoms with E-state index < -0.39 is 17.4 Å². The Morgan fingerprint density at radius 1 is 1.14 bits per heavy atom. The molecule has 0 radical (unpaired) electrons. The van der Waals surface area contributed by atoms with Crippen LogP contribution in [-0.4, -0.2) is 4.57 Å². The van der Waals surface area contributed by atoms with Crippen LogP contribution in [0.3, 0.4) is 0 Å². The first-order valence-electron chi connectivity index (χ1n) is 5.65. The van der Waals surface area contributed by atoms with E-state index in [9.17, 15) is 18.0 Å². The number of aromatic nitrogens is 1. The Morgan fingerprint density at radius 3 is 2.29 bits per heavy atom. The average molecular weight is 337 g/mol. The number of rotatable bonds is 1. The van der Waals surface area contributed by atoms with Crippen molar-refractivity contribution in [2.45, 2.75) is 6.18 Å². The molecule has 0 aliphatic heterocycles. The predicted molar refractivity (Wildman–Crippen MR) is 76.6 cm³/mol. The number of hydrogen-bond acceptors (Lipinski definition) is 2. The molecule has 1 aromatic heterocycles. The topological polar surface area (TPSA) is 48.0 Å². The van der Waals surface area contributed by atoms with Crippen molar-refractivity contribution in [2.75, 3.05) is 5.73 Å². The summed E-state index contributed by atoms with van der Waals surface area (Å²) in [7, 11) is 1.03. The zero-order valence-electron chi connectivity index (χ0n) is 10.6. The molecule has 0 saturated heterocycles. The number of benzene rings is 1. The Labute approximate surface area is 127 Å². The van der Waals surface area contributed by atoms with Gasteiger partial charge in [-0.2, -0.15) is 13.2 Å². The second-order valence-electron chi connectivity index (χ2n) is 4.35. The zero-order chi connectivity index (χ0) is 15.9. The Morgan fingerprint density at radius 2 is 1.76 bits per heavy atom. The van der Waals surface area contributed by atoms with Crippen molar-refractivity contribution in [2.24, 2.45) is 7.05 Å². The largest absolute Gasteiger partial charge is 0.431 e. The van der Waals surface area contributed by atoms with Gasteiger partial charge in [0.25, 0.3) is 5.56 Å². The van der Waals surface area contributed by atoms with E-state index in [1.807, 2.05) is 0 Å². The maximum Gasteiger partial charge on any atom is 0.431 e. The molecular formula is C13H9Cl2F3N2O. The van der Waals surface area contributed by atoms with Gasteiger partial charge in [0, 0.05) is 7.05 Å². The fourth-order valence-electron chi connectivity index (χ4n) is 1.90. The smallest absolute Gasteiger partial charge is 0.398 e. The number of nitrogen functional groups attached to an aromatic ring is 1. The highest BCUT2D eigenvalue weighted by Gasteiger charge is 2.35. The molecule has 0 atom stereocenters. The minimum absolute atomic E-state index is 0.0597. The first-order chi connectivity index (χ1) is 9.62. The lowest BCUT2D eigenvalue weighted by Crippen LogP contribution is -2.27. The Balaban J connectivity index is 2.74. The maximum absolute atomic E-state index is 12.8. The Hall–Kier alpha value is -1.66. The van der Waals surface area contributed by atoms with Crippen molar-refractivity contribution in [3.8, 4) is 11.1 Å². The molecule has 1 heterocycles. The highest BCUT2D eigenvalue weighted by molar-refractivity contribution is 6.34. The molecule has 0 unspecified atom stereocenters. The summed E-state index contributed by atoms with van der Waals surface area (Å²) >= 11 is 11.6. The fraction of sp³-hybridized carbons (Fsp3) is 0.154. The van der Waals surface area contributed by atoms with E-state index in [0.717, 1.165) is 7.05 Å². The lowest BCUT2D eigenvalue weighted by atomic mass is 10.1. The number of halogens is 5. The van der Waals surface area contributed by atoms with Gasteiger partial charge in [-0.3, -0.25) is 4.79 Å². The number of nitrogens with two attached hydrogens (primary N) is 1. The number of nitrogens with zero attached hydrogens (tertiary/aromatic N) is 1. The first kappa shape index (κ1) is 15.7. The van der Waals surface area contributed by atoms with E-state index in [2.05, 4.69) is 0 Å². The number of hydrogen-bond donors (Lipinski definition) is 1. The van der Waals surface area contributed by atoms with Gasteiger partial charge in [-0.15, -0.1) is 0 Å². The number of pyridine rings is 1. The minimum Gasteiger partial charge on any atom is -0.398 e. The molecule has 112 valence electrons. The lowest BCUT2D eigenvalue weighted by Gasteiger charge is -2.15. The molecule has 0 aliphatic carbocycles. The highest BCUT2D eigenvalue weighted by atomic mass is 35.5. The van der Waals surface area contributed by atoms with Crippen LogP contribution in [0.2, 0.25) is 10.0 Å². The normalized spacial score (nSPS) is 11.7. The summed E-state index contributed by atoms with van der Waals surface area (Å²) in [6.45, 7) is 0. The number of alkyl halides is 3. The SMILES string of the molecule is Cn1c(C(F)(F)F)cc(Cl)c(-c2ccc(Cl)c(N)c2)c1=O. The monoisotopic (exact) mass is 336 g/mol. The van der Waals surface area contributed by atoms with Gasteiger partial charge in [-0.25, -0.2) is 0 Å². The number of anilines is 1. The molecule has 8 heteroatoms. The summed E-state index contributed by atoms with van der Waals surface area (Å²) in [5.41, 5.74) is 4.09. The summed E-state index contributed by atoms with van der Waals surface area (Å²) in [4.78, 5) is 12.2. The fourth-order valence-corrected chi connectivity index (χ4v) is 2.31. The molecule has 0 saturated carbocycles. The van der Waals surface area contributed by atoms with Gasteiger partial charge in [0.2, 0.25) is 0 Å². The third-order valence-electron chi connectivity index (χ3n) is 2.96. The second kappa shape index (κ2) is 5.27. The standard InChI is InChI=1S/C13H9Cl2F3N2O/c1-20-10(13(16,17)18)5-8(15)11(12(20)21)6-2-3-7(14)9(19)4-6/h2-5H,19H2,1H3. The molecule has 1 aromatic carbocycles. The van der Waals surface area contributed by atoms with E-state index in [-0.39, 0.29) is 21.3 Å². The average Bonchev–Trinajstić information content (AvgIpc) is 2.37. The minimum atomic E-state index is -4.67. The van der Waals surface area contributed by atoms with E-state index >= 15 is 0 Å². The van der Waals surface area contributed by atoms with Gasteiger partial charge in [0.05, 0.1) is 21.3 Å². The van der Waals surface area contributed by atoms with Crippen molar-refractivity contribution in [3.63, 3.8) is 0 Å². The van der Waals surface area contributed by atoms with Crippen LogP contribution in [0.25, 0.3) is 11.1 Å². The Bertz CT molecular complexity index is 769. The third kappa shape index (κ3) is 2.87. The summed E-state index contributed by atoms with van der Waals surface area (Å²) in [6, 6.07) is 5.01. The van der Waals surface area contributed by atoms with Crippen molar-refractivity contribution < 1.29 is 13.2 Å². The van der Waals surface area contributed by atoms with Crippen LogP contribution in [0, 0.1) is 0 Å². The molecule has 3 nitrogen and oxygen atoms in total.